The highest BCUT2D eigenvalue weighted by atomic mass is 32.2. The Hall–Kier alpha value is -0.170. The van der Waals surface area contributed by atoms with E-state index in [1.54, 1.807) is 0 Å². The molecule has 0 aromatic carbocycles. The van der Waals surface area contributed by atoms with Gasteiger partial charge in [-0.15, -0.1) is 0 Å². The number of hydrogen-bond donors (Lipinski definition) is 2. The van der Waals surface area contributed by atoms with Crippen LogP contribution in [0.5, 0.6) is 0 Å². The molecule has 5 nitrogen and oxygen atoms in total. The van der Waals surface area contributed by atoms with Crippen LogP contribution >= 0.6 is 0 Å². The second kappa shape index (κ2) is 6.13. The minimum Gasteiger partial charge on any atom is -0.394 e. The number of nitrogens with one attached hydrogen (secondary N) is 1. The molecule has 1 fully saturated rings. The van der Waals surface area contributed by atoms with Crippen LogP contribution in [0.1, 0.15) is 20.3 Å². The third-order valence-corrected chi connectivity index (χ3v) is 4.77. The van der Waals surface area contributed by atoms with Crippen LogP contribution in [-0.2, 0) is 9.84 Å². The van der Waals surface area contributed by atoms with Gasteiger partial charge in [-0.05, 0) is 19.9 Å². The summed E-state index contributed by atoms with van der Waals surface area (Å²) in [7, 11) is -2.82. The molecule has 6 heteroatoms. The summed E-state index contributed by atoms with van der Waals surface area (Å²) < 4.78 is 22.6. The van der Waals surface area contributed by atoms with E-state index in [0.29, 0.717) is 19.6 Å². The summed E-state index contributed by atoms with van der Waals surface area (Å²) in [5.41, 5.74) is -0.336. The average Bonchev–Trinajstić information content (AvgIpc) is 2.30. The fourth-order valence-electron chi connectivity index (χ4n) is 1.99. The predicted molar refractivity (Wildman–Crippen MR) is 68.9 cm³/mol. The summed E-state index contributed by atoms with van der Waals surface area (Å²) in [4.78, 5) is 2.11. The lowest BCUT2D eigenvalue weighted by molar-refractivity contribution is 0.124. The van der Waals surface area contributed by atoms with Crippen LogP contribution < -0.4 is 5.32 Å². The van der Waals surface area contributed by atoms with Crippen molar-refractivity contribution in [2.75, 3.05) is 44.3 Å². The normalized spacial score (nSPS) is 24.4. The van der Waals surface area contributed by atoms with Crippen LogP contribution in [0.3, 0.4) is 0 Å². The zero-order chi connectivity index (χ0) is 12.9. The van der Waals surface area contributed by atoms with Crippen molar-refractivity contribution in [3.63, 3.8) is 0 Å². The molecule has 1 heterocycles. The zero-order valence-corrected chi connectivity index (χ0v) is 11.6. The lowest BCUT2D eigenvalue weighted by Crippen LogP contribution is -2.56. The highest BCUT2D eigenvalue weighted by molar-refractivity contribution is 7.91. The first kappa shape index (κ1) is 14.9. The number of nitrogens with zero attached hydrogens (tertiary/aromatic N) is 1. The van der Waals surface area contributed by atoms with Crippen molar-refractivity contribution in [1.29, 1.82) is 0 Å². The average molecular weight is 264 g/mol. The lowest BCUT2D eigenvalue weighted by Gasteiger charge is -2.36. The predicted octanol–water partition coefficient (Wildman–Crippen LogP) is -0.533. The first-order chi connectivity index (χ1) is 7.91. The summed E-state index contributed by atoms with van der Waals surface area (Å²) in [6.07, 6.45) is 1.02. The molecule has 0 amide bonds. The summed E-state index contributed by atoms with van der Waals surface area (Å²) in [6.45, 7) is 6.83. The monoisotopic (exact) mass is 264 g/mol. The molecule has 1 aliphatic heterocycles. The molecule has 1 atom stereocenters. The molecule has 0 saturated carbocycles. The molecule has 0 radical (unpaired) electrons. The Balaban J connectivity index is 2.46. The van der Waals surface area contributed by atoms with Gasteiger partial charge in [0, 0.05) is 19.6 Å². The van der Waals surface area contributed by atoms with E-state index < -0.39 is 9.84 Å². The molecule has 102 valence electrons. The van der Waals surface area contributed by atoms with E-state index in [9.17, 15) is 13.5 Å². The van der Waals surface area contributed by atoms with Crippen molar-refractivity contribution in [2.24, 2.45) is 0 Å². The number of rotatable bonds is 6. The molecule has 1 aliphatic rings. The van der Waals surface area contributed by atoms with E-state index in [4.69, 9.17) is 0 Å². The summed E-state index contributed by atoms with van der Waals surface area (Å²) >= 11 is 0. The van der Waals surface area contributed by atoms with Crippen LogP contribution in [-0.4, -0.2) is 68.3 Å². The van der Waals surface area contributed by atoms with E-state index in [-0.39, 0.29) is 23.7 Å². The van der Waals surface area contributed by atoms with Crippen molar-refractivity contribution in [3.8, 4) is 0 Å². The standard InChI is InChI=1S/C11H24N2O3S/c1-3-4-12-11(2,10-14)9-13-5-7-17(15,16)8-6-13/h12,14H,3-10H2,1-2H3. The maximum absolute atomic E-state index is 11.3. The molecule has 2 N–H and O–H groups in total. The number of sulfone groups is 1. The second-order valence-corrected chi connectivity index (χ2v) is 7.38. The largest absolute Gasteiger partial charge is 0.394 e. The third-order valence-electron chi connectivity index (χ3n) is 3.16. The number of aliphatic hydroxyl groups is 1. The van der Waals surface area contributed by atoms with Gasteiger partial charge in [-0.25, -0.2) is 8.42 Å². The Morgan fingerprint density at radius 2 is 1.94 bits per heavy atom. The Bertz CT molecular complexity index is 318. The van der Waals surface area contributed by atoms with Crippen LogP contribution in [0.25, 0.3) is 0 Å². The van der Waals surface area contributed by atoms with Crippen molar-refractivity contribution < 1.29 is 13.5 Å². The van der Waals surface area contributed by atoms with Crippen LogP contribution in [0.2, 0.25) is 0 Å². The van der Waals surface area contributed by atoms with Crippen LogP contribution in [0, 0.1) is 0 Å². The Kier molecular flexibility index (Phi) is 5.37. The topological polar surface area (TPSA) is 69.6 Å². The summed E-state index contributed by atoms with van der Waals surface area (Å²) in [5.74, 6) is 0.477. The molecule has 1 saturated heterocycles. The maximum Gasteiger partial charge on any atom is 0.152 e. The SMILES string of the molecule is CCCNC(C)(CO)CN1CCS(=O)(=O)CC1. The number of hydrogen-bond acceptors (Lipinski definition) is 5. The minimum absolute atomic E-state index is 0.0657. The second-order valence-electron chi connectivity index (χ2n) is 5.07. The molecule has 1 unspecified atom stereocenters. The zero-order valence-electron chi connectivity index (χ0n) is 10.8. The van der Waals surface area contributed by atoms with Crippen LogP contribution in [0.4, 0.5) is 0 Å². The Labute approximate surface area is 104 Å². The highest BCUT2D eigenvalue weighted by Crippen LogP contribution is 2.10. The van der Waals surface area contributed by atoms with E-state index in [1.807, 2.05) is 6.92 Å². The maximum atomic E-state index is 11.3. The van der Waals surface area contributed by atoms with E-state index >= 15 is 0 Å². The first-order valence-electron chi connectivity index (χ1n) is 6.19. The Morgan fingerprint density at radius 1 is 1.35 bits per heavy atom. The van der Waals surface area contributed by atoms with Crippen molar-refractivity contribution in [1.82, 2.24) is 10.2 Å². The molecular formula is C11H24N2O3S. The van der Waals surface area contributed by atoms with Crippen molar-refractivity contribution in [2.45, 2.75) is 25.8 Å². The fourth-order valence-corrected chi connectivity index (χ4v) is 3.27. The van der Waals surface area contributed by atoms with Gasteiger partial charge >= 0.3 is 0 Å². The lowest BCUT2D eigenvalue weighted by atomic mass is 10.0. The van der Waals surface area contributed by atoms with Gasteiger partial charge in [0.05, 0.1) is 23.7 Å². The van der Waals surface area contributed by atoms with Gasteiger partial charge in [0.25, 0.3) is 0 Å². The molecule has 17 heavy (non-hydrogen) atoms. The van der Waals surface area contributed by atoms with Crippen molar-refractivity contribution >= 4 is 9.84 Å². The van der Waals surface area contributed by atoms with Gasteiger partial charge in [0.2, 0.25) is 0 Å². The quantitative estimate of drug-likeness (QED) is 0.675. The van der Waals surface area contributed by atoms with Gasteiger partial charge in [-0.3, -0.25) is 4.90 Å². The molecule has 0 aromatic heterocycles. The molecule has 1 rings (SSSR count). The van der Waals surface area contributed by atoms with Crippen molar-refractivity contribution in [3.05, 3.63) is 0 Å². The van der Waals surface area contributed by atoms with E-state index in [0.717, 1.165) is 13.0 Å². The summed E-state index contributed by atoms with van der Waals surface area (Å²) in [5, 5.41) is 12.8. The molecule has 0 aromatic rings. The fraction of sp³-hybridized carbons (Fsp3) is 1.00. The summed E-state index contributed by atoms with van der Waals surface area (Å²) in [6, 6.07) is 0. The van der Waals surface area contributed by atoms with E-state index in [2.05, 4.69) is 17.1 Å². The Morgan fingerprint density at radius 3 is 2.41 bits per heavy atom. The van der Waals surface area contributed by atoms with Gasteiger partial charge in [0.1, 0.15) is 0 Å². The highest BCUT2D eigenvalue weighted by Gasteiger charge is 2.29. The van der Waals surface area contributed by atoms with Gasteiger partial charge in [0.15, 0.2) is 9.84 Å². The van der Waals surface area contributed by atoms with Gasteiger partial charge < -0.3 is 10.4 Å². The molecular weight excluding hydrogens is 240 g/mol. The molecule has 0 spiro atoms. The smallest absolute Gasteiger partial charge is 0.152 e. The van der Waals surface area contributed by atoms with E-state index in [1.165, 1.54) is 0 Å². The molecule has 0 bridgehead atoms. The minimum atomic E-state index is -2.82. The third kappa shape index (κ3) is 4.91. The van der Waals surface area contributed by atoms with Gasteiger partial charge in [-0.1, -0.05) is 6.92 Å². The van der Waals surface area contributed by atoms with Crippen LogP contribution in [0.15, 0.2) is 0 Å². The molecule has 0 aliphatic carbocycles. The number of aliphatic hydroxyl groups excluding tert-OH is 1. The first-order valence-corrected chi connectivity index (χ1v) is 8.01. The van der Waals surface area contributed by atoms with Gasteiger partial charge in [-0.2, -0.15) is 0 Å².